The molecule has 0 bridgehead atoms. The molecule has 1 heterocycles. The zero-order valence-electron chi connectivity index (χ0n) is 12.7. The first-order valence-corrected chi connectivity index (χ1v) is 7.13. The Bertz CT molecular complexity index is 675. The third kappa shape index (κ3) is 4.60. The standard InChI is InChI=1S/C15H17FN4O3/c1-2-22-15(21)14(19-13(17)12-7-8-23-20-12)18-9-10-5-3-4-6-11(10)16/h5-8H,2-4,9H2,1H3,(H2,17,18,19). The van der Waals surface area contributed by atoms with E-state index < -0.39 is 5.97 Å². The first-order chi connectivity index (χ1) is 11.1. The molecule has 0 radical (unpaired) electrons. The van der Waals surface area contributed by atoms with Crippen LogP contribution in [0.2, 0.25) is 0 Å². The van der Waals surface area contributed by atoms with Gasteiger partial charge in [0.05, 0.1) is 13.2 Å². The number of hydrogen-bond donors (Lipinski definition) is 1. The maximum absolute atomic E-state index is 13.7. The number of esters is 1. The summed E-state index contributed by atoms with van der Waals surface area (Å²) >= 11 is 0. The maximum atomic E-state index is 13.7. The molecule has 0 aliphatic heterocycles. The Kier molecular flexibility index (Phi) is 5.79. The van der Waals surface area contributed by atoms with Crippen LogP contribution in [0.25, 0.3) is 0 Å². The van der Waals surface area contributed by atoms with Gasteiger partial charge in [0, 0.05) is 11.6 Å². The lowest BCUT2D eigenvalue weighted by Crippen LogP contribution is -2.22. The van der Waals surface area contributed by atoms with E-state index in [9.17, 15) is 9.18 Å². The van der Waals surface area contributed by atoms with E-state index >= 15 is 0 Å². The Morgan fingerprint density at radius 2 is 2.26 bits per heavy atom. The van der Waals surface area contributed by atoms with E-state index in [1.807, 2.05) is 0 Å². The van der Waals surface area contributed by atoms with Crippen LogP contribution in [0.5, 0.6) is 0 Å². The molecule has 122 valence electrons. The molecule has 0 saturated carbocycles. The van der Waals surface area contributed by atoms with E-state index in [0.717, 1.165) is 6.42 Å². The summed E-state index contributed by atoms with van der Waals surface area (Å²) in [5, 5.41) is 3.62. The minimum Gasteiger partial charge on any atom is -0.460 e. The molecule has 0 atom stereocenters. The number of carbonyl (C=O) groups excluding carboxylic acids is 1. The number of amidine groups is 2. The lowest BCUT2D eigenvalue weighted by Gasteiger charge is -2.08. The summed E-state index contributed by atoms with van der Waals surface area (Å²) < 4.78 is 23.2. The molecule has 0 saturated heterocycles. The van der Waals surface area contributed by atoms with Gasteiger partial charge in [0.15, 0.2) is 5.84 Å². The molecule has 0 unspecified atom stereocenters. The Morgan fingerprint density at radius 1 is 1.48 bits per heavy atom. The molecule has 0 fully saturated rings. The first-order valence-electron chi connectivity index (χ1n) is 7.13. The normalized spacial score (nSPS) is 15.9. The second-order valence-corrected chi connectivity index (χ2v) is 4.60. The fraction of sp³-hybridized carbons (Fsp3) is 0.333. The maximum Gasteiger partial charge on any atom is 0.376 e. The molecular formula is C15H17FN4O3. The number of rotatable bonds is 4. The number of allylic oxidation sites excluding steroid dienone is 2. The van der Waals surface area contributed by atoms with Gasteiger partial charge >= 0.3 is 5.97 Å². The Labute approximate surface area is 132 Å². The predicted octanol–water partition coefficient (Wildman–Crippen LogP) is 1.92. The van der Waals surface area contributed by atoms with Crippen molar-refractivity contribution in [2.75, 3.05) is 13.2 Å². The molecule has 2 N–H and O–H groups in total. The summed E-state index contributed by atoms with van der Waals surface area (Å²) in [6.45, 7) is 1.80. The van der Waals surface area contributed by atoms with Gasteiger partial charge in [-0.3, -0.25) is 4.99 Å². The third-order valence-corrected chi connectivity index (χ3v) is 2.97. The van der Waals surface area contributed by atoms with E-state index in [1.54, 1.807) is 13.0 Å². The second kappa shape index (κ2) is 8.02. The van der Waals surface area contributed by atoms with Gasteiger partial charge in [0.2, 0.25) is 5.84 Å². The average Bonchev–Trinajstić information content (AvgIpc) is 3.07. The minimum atomic E-state index is -0.736. The molecule has 0 aromatic carbocycles. The van der Waals surface area contributed by atoms with Crippen LogP contribution in [0, 0.1) is 0 Å². The highest BCUT2D eigenvalue weighted by molar-refractivity contribution is 6.38. The molecular weight excluding hydrogens is 303 g/mol. The summed E-state index contributed by atoms with van der Waals surface area (Å²) in [6.07, 6.45) is 5.94. The lowest BCUT2D eigenvalue weighted by molar-refractivity contribution is -0.135. The van der Waals surface area contributed by atoms with E-state index in [4.69, 9.17) is 10.5 Å². The summed E-state index contributed by atoms with van der Waals surface area (Å²) in [5.74, 6) is -1.36. The van der Waals surface area contributed by atoms with Crippen molar-refractivity contribution in [3.8, 4) is 0 Å². The van der Waals surface area contributed by atoms with Gasteiger partial charge in [-0.25, -0.2) is 14.2 Å². The third-order valence-electron chi connectivity index (χ3n) is 2.97. The number of ether oxygens (including phenoxy) is 1. The van der Waals surface area contributed by atoms with Crippen LogP contribution in [0.3, 0.4) is 0 Å². The number of halogens is 1. The van der Waals surface area contributed by atoms with Crippen LogP contribution in [-0.2, 0) is 9.53 Å². The average molecular weight is 320 g/mol. The van der Waals surface area contributed by atoms with E-state index in [-0.39, 0.29) is 36.3 Å². The van der Waals surface area contributed by atoms with Crippen LogP contribution in [0.15, 0.2) is 50.4 Å². The van der Waals surface area contributed by atoms with Gasteiger partial charge in [-0.1, -0.05) is 11.2 Å². The van der Waals surface area contributed by atoms with E-state index in [2.05, 4.69) is 19.7 Å². The predicted molar refractivity (Wildman–Crippen MR) is 82.7 cm³/mol. The van der Waals surface area contributed by atoms with Gasteiger partial charge in [-0.05, 0) is 25.8 Å². The van der Waals surface area contributed by atoms with Gasteiger partial charge in [0.25, 0.3) is 0 Å². The summed E-state index contributed by atoms with van der Waals surface area (Å²) in [4.78, 5) is 19.9. The van der Waals surface area contributed by atoms with Crippen LogP contribution in [-0.4, -0.2) is 35.9 Å². The number of nitrogens with two attached hydrogens (primary N) is 1. The molecule has 1 aliphatic rings. The number of carbonyl (C=O) groups is 1. The number of hydrogen-bond acceptors (Lipinski definition) is 5. The van der Waals surface area contributed by atoms with E-state index in [0.29, 0.717) is 12.0 Å². The lowest BCUT2D eigenvalue weighted by atomic mass is 10.1. The van der Waals surface area contributed by atoms with Crippen molar-refractivity contribution in [3.63, 3.8) is 0 Å². The van der Waals surface area contributed by atoms with Crippen LogP contribution >= 0.6 is 0 Å². The van der Waals surface area contributed by atoms with Gasteiger partial charge < -0.3 is 15.0 Å². The largest absolute Gasteiger partial charge is 0.460 e. The number of aromatic nitrogens is 1. The fourth-order valence-corrected chi connectivity index (χ4v) is 1.85. The molecule has 0 spiro atoms. The van der Waals surface area contributed by atoms with Crippen LogP contribution < -0.4 is 5.73 Å². The zero-order valence-corrected chi connectivity index (χ0v) is 12.7. The zero-order chi connectivity index (χ0) is 16.7. The molecule has 23 heavy (non-hydrogen) atoms. The van der Waals surface area contributed by atoms with E-state index in [1.165, 1.54) is 18.4 Å². The quantitative estimate of drug-likeness (QED) is 0.518. The molecule has 2 rings (SSSR count). The van der Waals surface area contributed by atoms with Crippen molar-refractivity contribution in [3.05, 3.63) is 41.6 Å². The Hall–Kier alpha value is -2.77. The summed E-state index contributed by atoms with van der Waals surface area (Å²) in [7, 11) is 0. The molecule has 1 aliphatic carbocycles. The van der Waals surface area contributed by atoms with Gasteiger partial charge in [-0.2, -0.15) is 0 Å². The second-order valence-electron chi connectivity index (χ2n) is 4.60. The van der Waals surface area contributed by atoms with Gasteiger partial charge in [0.1, 0.15) is 17.8 Å². The number of aliphatic imine (C=N–C) groups is 2. The van der Waals surface area contributed by atoms with Crippen molar-refractivity contribution in [2.24, 2.45) is 15.7 Å². The van der Waals surface area contributed by atoms with Crippen LogP contribution in [0.1, 0.15) is 25.5 Å². The minimum absolute atomic E-state index is 0.0217. The van der Waals surface area contributed by atoms with Crippen molar-refractivity contribution in [1.29, 1.82) is 0 Å². The SMILES string of the molecule is CCOC(=O)C(=NCC1=CCCC=C1F)N=C(N)c1ccon1. The Balaban J connectivity index is 2.22. The van der Waals surface area contributed by atoms with Crippen molar-refractivity contribution in [1.82, 2.24) is 5.16 Å². The molecule has 0 amide bonds. The highest BCUT2D eigenvalue weighted by Gasteiger charge is 2.15. The van der Waals surface area contributed by atoms with Gasteiger partial charge in [-0.15, -0.1) is 0 Å². The highest BCUT2D eigenvalue weighted by atomic mass is 19.1. The summed E-state index contributed by atoms with van der Waals surface area (Å²) in [5.41, 5.74) is 6.43. The Morgan fingerprint density at radius 3 is 2.91 bits per heavy atom. The molecule has 1 aromatic rings. The smallest absolute Gasteiger partial charge is 0.376 e. The molecule has 1 aromatic heterocycles. The first kappa shape index (κ1) is 16.6. The fourth-order valence-electron chi connectivity index (χ4n) is 1.85. The van der Waals surface area contributed by atoms with Crippen molar-refractivity contribution < 1.29 is 18.4 Å². The summed E-state index contributed by atoms with van der Waals surface area (Å²) in [6, 6.07) is 1.49. The molecule has 7 nitrogen and oxygen atoms in total. The number of nitrogens with zero attached hydrogens (tertiary/aromatic N) is 3. The topological polar surface area (TPSA) is 103 Å². The van der Waals surface area contributed by atoms with Crippen LogP contribution in [0.4, 0.5) is 4.39 Å². The highest BCUT2D eigenvalue weighted by Crippen LogP contribution is 2.19. The van der Waals surface area contributed by atoms with Crippen molar-refractivity contribution in [2.45, 2.75) is 19.8 Å². The molecule has 8 heteroatoms. The monoisotopic (exact) mass is 320 g/mol. The van der Waals surface area contributed by atoms with Crippen molar-refractivity contribution >= 4 is 17.6 Å².